The number of rotatable bonds is 6. The molecule has 0 unspecified atom stereocenters. The minimum atomic E-state index is -3.58. The van der Waals surface area contributed by atoms with Crippen LogP contribution in [-0.4, -0.2) is 26.7 Å². The first-order chi connectivity index (χ1) is 8.84. The quantitative estimate of drug-likeness (QED) is 0.570. The van der Waals surface area contributed by atoms with E-state index in [1.54, 1.807) is 25.1 Å². The lowest BCUT2D eigenvalue weighted by Crippen LogP contribution is -2.20. The van der Waals surface area contributed by atoms with Crippen LogP contribution in [0, 0.1) is 3.57 Å². The van der Waals surface area contributed by atoms with Crippen molar-refractivity contribution in [2.75, 3.05) is 17.1 Å². The third kappa shape index (κ3) is 5.96. The van der Waals surface area contributed by atoms with E-state index in [4.69, 9.17) is 11.6 Å². The zero-order valence-electron chi connectivity index (χ0n) is 10.2. The average molecular weight is 418 g/mol. The lowest BCUT2D eigenvalue weighted by molar-refractivity contribution is -0.142. The van der Waals surface area contributed by atoms with Crippen LogP contribution in [0.25, 0.3) is 0 Å². The van der Waals surface area contributed by atoms with Crippen molar-refractivity contribution in [1.29, 1.82) is 0 Å². The molecular formula is C11H13ClINO4S. The van der Waals surface area contributed by atoms with Gasteiger partial charge in [-0.1, -0.05) is 11.6 Å². The van der Waals surface area contributed by atoms with Crippen LogP contribution in [0.4, 0.5) is 5.69 Å². The van der Waals surface area contributed by atoms with Crippen LogP contribution in [-0.2, 0) is 19.6 Å². The van der Waals surface area contributed by atoms with E-state index in [1.165, 1.54) is 0 Å². The summed E-state index contributed by atoms with van der Waals surface area (Å²) in [5.74, 6) is -0.844. The normalized spacial score (nSPS) is 11.1. The Morgan fingerprint density at radius 1 is 1.47 bits per heavy atom. The third-order valence-electron chi connectivity index (χ3n) is 2.08. The SMILES string of the molecule is CCOC(=O)CCS(=O)(=O)Nc1ccc(Cl)cc1I. The predicted octanol–water partition coefficient (Wildman–Crippen LogP) is 2.64. The van der Waals surface area contributed by atoms with E-state index in [-0.39, 0.29) is 18.8 Å². The van der Waals surface area contributed by atoms with Crippen molar-refractivity contribution in [2.24, 2.45) is 0 Å². The number of benzene rings is 1. The smallest absolute Gasteiger partial charge is 0.306 e. The second kappa shape index (κ2) is 7.30. The fourth-order valence-electron chi connectivity index (χ4n) is 1.24. The molecule has 0 saturated heterocycles. The van der Waals surface area contributed by atoms with Crippen LogP contribution in [0.15, 0.2) is 18.2 Å². The average Bonchev–Trinajstić information content (AvgIpc) is 2.31. The molecule has 1 N–H and O–H groups in total. The zero-order valence-corrected chi connectivity index (χ0v) is 13.9. The van der Waals surface area contributed by atoms with Crippen LogP contribution in [0.1, 0.15) is 13.3 Å². The fraction of sp³-hybridized carbons (Fsp3) is 0.364. The molecule has 0 bridgehead atoms. The summed E-state index contributed by atoms with van der Waals surface area (Å²) in [6, 6.07) is 4.81. The van der Waals surface area contributed by atoms with Crippen molar-refractivity contribution in [2.45, 2.75) is 13.3 Å². The molecule has 19 heavy (non-hydrogen) atoms. The lowest BCUT2D eigenvalue weighted by atomic mass is 10.3. The van der Waals surface area contributed by atoms with Gasteiger partial charge in [-0.2, -0.15) is 0 Å². The molecule has 0 aromatic heterocycles. The van der Waals surface area contributed by atoms with Gasteiger partial charge in [0, 0.05) is 8.59 Å². The van der Waals surface area contributed by atoms with E-state index in [1.807, 2.05) is 22.6 Å². The van der Waals surface area contributed by atoms with E-state index in [0.717, 1.165) is 0 Å². The highest BCUT2D eigenvalue weighted by Crippen LogP contribution is 2.23. The molecule has 0 aliphatic heterocycles. The molecule has 0 amide bonds. The molecule has 0 aliphatic rings. The maximum atomic E-state index is 11.8. The molecule has 0 heterocycles. The second-order valence-electron chi connectivity index (χ2n) is 3.60. The highest BCUT2D eigenvalue weighted by molar-refractivity contribution is 14.1. The molecule has 106 valence electrons. The van der Waals surface area contributed by atoms with Crippen LogP contribution in [0.5, 0.6) is 0 Å². The number of carbonyl (C=O) groups excluding carboxylic acids is 1. The van der Waals surface area contributed by atoms with Crippen molar-refractivity contribution in [3.05, 3.63) is 26.8 Å². The van der Waals surface area contributed by atoms with Crippen LogP contribution in [0.2, 0.25) is 5.02 Å². The first-order valence-corrected chi connectivity index (χ1v) is 8.56. The molecule has 0 atom stereocenters. The summed E-state index contributed by atoms with van der Waals surface area (Å²) in [5, 5.41) is 0.527. The van der Waals surface area contributed by atoms with E-state index >= 15 is 0 Å². The molecule has 1 rings (SSSR count). The number of hydrogen-bond acceptors (Lipinski definition) is 4. The molecular weight excluding hydrogens is 405 g/mol. The molecule has 8 heteroatoms. The highest BCUT2D eigenvalue weighted by atomic mass is 127. The van der Waals surface area contributed by atoms with Crippen molar-refractivity contribution in [3.8, 4) is 0 Å². The monoisotopic (exact) mass is 417 g/mol. The minimum Gasteiger partial charge on any atom is -0.466 e. The largest absolute Gasteiger partial charge is 0.466 e. The number of carbonyl (C=O) groups is 1. The van der Waals surface area contributed by atoms with Gasteiger partial charge in [-0.25, -0.2) is 8.42 Å². The van der Waals surface area contributed by atoms with E-state index < -0.39 is 16.0 Å². The molecule has 0 spiro atoms. The van der Waals surface area contributed by atoms with Gasteiger partial charge in [0.15, 0.2) is 0 Å². The van der Waals surface area contributed by atoms with Crippen molar-refractivity contribution < 1.29 is 17.9 Å². The zero-order chi connectivity index (χ0) is 14.5. The fourth-order valence-corrected chi connectivity index (χ4v) is 3.48. The highest BCUT2D eigenvalue weighted by Gasteiger charge is 2.15. The Hall–Kier alpha value is -0.540. The number of halogens is 2. The van der Waals surface area contributed by atoms with E-state index in [9.17, 15) is 13.2 Å². The predicted molar refractivity (Wildman–Crippen MR) is 82.8 cm³/mol. The van der Waals surface area contributed by atoms with Crippen molar-refractivity contribution in [3.63, 3.8) is 0 Å². The lowest BCUT2D eigenvalue weighted by Gasteiger charge is -2.09. The summed E-state index contributed by atoms with van der Waals surface area (Å²) < 4.78 is 31.4. The van der Waals surface area contributed by atoms with Crippen LogP contribution in [0.3, 0.4) is 0 Å². The number of ether oxygens (including phenoxy) is 1. The van der Waals surface area contributed by atoms with Gasteiger partial charge in [-0.15, -0.1) is 0 Å². The number of sulfonamides is 1. The van der Waals surface area contributed by atoms with Crippen LogP contribution < -0.4 is 4.72 Å². The first-order valence-electron chi connectivity index (χ1n) is 5.45. The summed E-state index contributed by atoms with van der Waals surface area (Å²) in [6.45, 7) is 1.90. The van der Waals surface area contributed by atoms with Gasteiger partial charge in [-0.05, 0) is 47.7 Å². The minimum absolute atomic E-state index is 0.173. The topological polar surface area (TPSA) is 72.5 Å². The number of hydrogen-bond donors (Lipinski definition) is 1. The second-order valence-corrected chi connectivity index (χ2v) is 7.04. The summed E-state index contributed by atoms with van der Waals surface area (Å²) in [5.41, 5.74) is 0.439. The molecule has 5 nitrogen and oxygen atoms in total. The summed E-state index contributed by atoms with van der Waals surface area (Å²) >= 11 is 7.76. The Bertz CT molecular complexity index is 562. The molecule has 0 fully saturated rings. The van der Waals surface area contributed by atoms with E-state index in [2.05, 4.69) is 9.46 Å². The summed E-state index contributed by atoms with van der Waals surface area (Å²) in [7, 11) is -3.58. The van der Waals surface area contributed by atoms with Crippen molar-refractivity contribution in [1.82, 2.24) is 0 Å². The van der Waals surface area contributed by atoms with E-state index in [0.29, 0.717) is 14.3 Å². The molecule has 0 radical (unpaired) electrons. The van der Waals surface area contributed by atoms with Gasteiger partial charge in [0.25, 0.3) is 0 Å². The van der Waals surface area contributed by atoms with Gasteiger partial charge in [0.1, 0.15) is 0 Å². The Balaban J connectivity index is 2.66. The molecule has 1 aromatic carbocycles. The Labute approximate surface area is 130 Å². The van der Waals surface area contributed by atoms with Gasteiger partial charge in [0.2, 0.25) is 10.0 Å². The van der Waals surface area contributed by atoms with Crippen LogP contribution >= 0.6 is 34.2 Å². The molecule has 0 saturated carbocycles. The molecule has 0 aliphatic carbocycles. The maximum absolute atomic E-state index is 11.8. The van der Waals surface area contributed by atoms with Gasteiger partial charge in [0.05, 0.1) is 24.5 Å². The third-order valence-corrected chi connectivity index (χ3v) is 4.48. The first kappa shape index (κ1) is 16.5. The Kier molecular flexibility index (Phi) is 6.34. The Morgan fingerprint density at radius 2 is 2.16 bits per heavy atom. The van der Waals surface area contributed by atoms with Gasteiger partial charge in [-0.3, -0.25) is 9.52 Å². The maximum Gasteiger partial charge on any atom is 0.306 e. The number of nitrogens with one attached hydrogen (secondary N) is 1. The molecule has 1 aromatic rings. The summed E-state index contributed by atoms with van der Waals surface area (Å²) in [6.07, 6.45) is -0.173. The van der Waals surface area contributed by atoms with Gasteiger partial charge >= 0.3 is 5.97 Å². The standard InChI is InChI=1S/C11H13ClINO4S/c1-2-18-11(15)5-6-19(16,17)14-10-4-3-8(12)7-9(10)13/h3-4,7,14H,2,5-6H2,1H3. The summed E-state index contributed by atoms with van der Waals surface area (Å²) in [4.78, 5) is 11.1. The van der Waals surface area contributed by atoms with Crippen molar-refractivity contribution >= 4 is 55.9 Å². The van der Waals surface area contributed by atoms with Gasteiger partial charge < -0.3 is 4.74 Å². The Morgan fingerprint density at radius 3 is 2.74 bits per heavy atom. The number of esters is 1. The number of anilines is 1.